The first-order valence-electron chi connectivity index (χ1n) is 9.35. The lowest BCUT2D eigenvalue weighted by atomic mass is 9.96. The third kappa shape index (κ3) is 3.43. The number of amides is 3. The van der Waals surface area contributed by atoms with Crippen molar-refractivity contribution in [3.63, 3.8) is 0 Å². The SMILES string of the molecule is CC1(C2CC2)NC(=O)N(c2ccc(CN=C(N)Nc3ccccc3)cc2)C1=O. The highest BCUT2D eigenvalue weighted by atomic mass is 16.2. The Hall–Kier alpha value is -3.35. The molecule has 0 spiro atoms. The van der Waals surface area contributed by atoms with Gasteiger partial charge in [-0.3, -0.25) is 4.79 Å². The Morgan fingerprint density at radius 3 is 2.50 bits per heavy atom. The summed E-state index contributed by atoms with van der Waals surface area (Å²) in [5.41, 5.74) is 7.50. The van der Waals surface area contributed by atoms with Crippen LogP contribution in [0.4, 0.5) is 16.2 Å². The molecular formula is C21H23N5O2. The summed E-state index contributed by atoms with van der Waals surface area (Å²) in [5, 5.41) is 5.89. The van der Waals surface area contributed by atoms with Crippen molar-refractivity contribution in [1.82, 2.24) is 5.32 Å². The van der Waals surface area contributed by atoms with E-state index in [1.165, 1.54) is 4.90 Å². The van der Waals surface area contributed by atoms with Gasteiger partial charge in [-0.15, -0.1) is 0 Å². The summed E-state index contributed by atoms with van der Waals surface area (Å²) in [5.74, 6) is 0.384. The number of nitrogens with one attached hydrogen (secondary N) is 2. The molecule has 0 radical (unpaired) electrons. The minimum absolute atomic E-state index is 0.179. The Morgan fingerprint density at radius 2 is 1.86 bits per heavy atom. The van der Waals surface area contributed by atoms with Gasteiger partial charge in [0.05, 0.1) is 12.2 Å². The largest absolute Gasteiger partial charge is 0.370 e. The van der Waals surface area contributed by atoms with E-state index in [4.69, 9.17) is 5.73 Å². The molecule has 3 amide bonds. The van der Waals surface area contributed by atoms with Crippen LogP contribution in [0.25, 0.3) is 0 Å². The molecule has 1 heterocycles. The van der Waals surface area contributed by atoms with Gasteiger partial charge in [-0.1, -0.05) is 30.3 Å². The number of guanidine groups is 1. The van der Waals surface area contributed by atoms with Gasteiger partial charge in [0.2, 0.25) is 0 Å². The van der Waals surface area contributed by atoms with Crippen LogP contribution >= 0.6 is 0 Å². The standard InChI is InChI=1S/C21H23N5O2/c1-21(15-9-10-15)18(27)26(20(28)25-21)17-11-7-14(8-12-17)13-23-19(22)24-16-5-3-2-4-6-16/h2-8,11-12,15H,9-10,13H2,1H3,(H,25,28)(H3,22,23,24). The monoisotopic (exact) mass is 377 g/mol. The number of imide groups is 1. The van der Waals surface area contributed by atoms with Crippen LogP contribution in [0.1, 0.15) is 25.3 Å². The zero-order valence-electron chi connectivity index (χ0n) is 15.7. The Labute approximate surface area is 163 Å². The Morgan fingerprint density at radius 1 is 1.18 bits per heavy atom. The first-order valence-corrected chi connectivity index (χ1v) is 9.35. The van der Waals surface area contributed by atoms with Crippen LogP contribution in [0.2, 0.25) is 0 Å². The fourth-order valence-corrected chi connectivity index (χ4v) is 3.46. The number of nitrogens with zero attached hydrogens (tertiary/aromatic N) is 2. The average Bonchev–Trinajstić information content (AvgIpc) is 3.51. The van der Waals surface area contributed by atoms with E-state index >= 15 is 0 Å². The maximum atomic E-state index is 12.8. The van der Waals surface area contributed by atoms with E-state index in [1.54, 1.807) is 12.1 Å². The zero-order chi connectivity index (χ0) is 19.7. The molecule has 4 rings (SSSR count). The topological polar surface area (TPSA) is 99.8 Å². The van der Waals surface area contributed by atoms with Gasteiger partial charge >= 0.3 is 6.03 Å². The van der Waals surface area contributed by atoms with E-state index in [0.29, 0.717) is 18.2 Å². The highest BCUT2D eigenvalue weighted by Crippen LogP contribution is 2.43. The molecule has 1 aliphatic heterocycles. The molecule has 144 valence electrons. The van der Waals surface area contributed by atoms with Crippen molar-refractivity contribution >= 4 is 29.3 Å². The minimum atomic E-state index is -0.780. The van der Waals surface area contributed by atoms with Crippen molar-refractivity contribution in [3.05, 3.63) is 60.2 Å². The molecule has 4 N–H and O–H groups in total. The lowest BCUT2D eigenvalue weighted by molar-refractivity contribution is -0.122. The van der Waals surface area contributed by atoms with E-state index in [-0.39, 0.29) is 17.9 Å². The van der Waals surface area contributed by atoms with E-state index in [1.807, 2.05) is 49.4 Å². The normalized spacial score (nSPS) is 22.3. The number of hydrogen-bond donors (Lipinski definition) is 3. The molecule has 1 unspecified atom stereocenters. The molecule has 28 heavy (non-hydrogen) atoms. The quantitative estimate of drug-likeness (QED) is 0.424. The molecule has 2 aromatic carbocycles. The second kappa shape index (κ2) is 6.99. The molecule has 1 saturated carbocycles. The number of nitrogens with two attached hydrogens (primary N) is 1. The van der Waals surface area contributed by atoms with Gasteiger partial charge in [0.15, 0.2) is 5.96 Å². The van der Waals surface area contributed by atoms with Crippen LogP contribution in [-0.2, 0) is 11.3 Å². The summed E-state index contributed by atoms with van der Waals surface area (Å²) in [6.45, 7) is 2.21. The van der Waals surface area contributed by atoms with Crippen molar-refractivity contribution < 1.29 is 9.59 Å². The van der Waals surface area contributed by atoms with Crippen LogP contribution in [0.5, 0.6) is 0 Å². The number of anilines is 2. The van der Waals surface area contributed by atoms with Crippen LogP contribution in [-0.4, -0.2) is 23.4 Å². The van der Waals surface area contributed by atoms with Gasteiger partial charge < -0.3 is 16.4 Å². The molecule has 1 aliphatic carbocycles. The molecular weight excluding hydrogens is 354 g/mol. The highest BCUT2D eigenvalue weighted by molar-refractivity contribution is 6.23. The van der Waals surface area contributed by atoms with E-state index < -0.39 is 5.54 Å². The lowest BCUT2D eigenvalue weighted by Crippen LogP contribution is -2.46. The predicted molar refractivity (Wildman–Crippen MR) is 109 cm³/mol. The number of rotatable bonds is 5. The first kappa shape index (κ1) is 18.0. The third-order valence-electron chi connectivity index (χ3n) is 5.28. The maximum Gasteiger partial charge on any atom is 0.329 e. The molecule has 0 bridgehead atoms. The lowest BCUT2D eigenvalue weighted by Gasteiger charge is -2.21. The maximum absolute atomic E-state index is 12.8. The number of aliphatic imine (C=N–C) groups is 1. The first-order chi connectivity index (χ1) is 13.5. The van der Waals surface area contributed by atoms with Crippen molar-refractivity contribution in [2.45, 2.75) is 31.8 Å². The zero-order valence-corrected chi connectivity index (χ0v) is 15.7. The Bertz CT molecular complexity index is 922. The number of urea groups is 1. The molecule has 2 aromatic rings. The summed E-state index contributed by atoms with van der Waals surface area (Å²) >= 11 is 0. The second-order valence-corrected chi connectivity index (χ2v) is 7.41. The van der Waals surface area contributed by atoms with Gasteiger partial charge in [-0.05, 0) is 55.5 Å². The number of carbonyl (C=O) groups excluding carboxylic acids is 2. The van der Waals surface area contributed by atoms with Gasteiger partial charge in [0.25, 0.3) is 5.91 Å². The summed E-state index contributed by atoms with van der Waals surface area (Å²) in [6, 6.07) is 16.4. The summed E-state index contributed by atoms with van der Waals surface area (Å²) in [7, 11) is 0. The molecule has 1 saturated heterocycles. The fourth-order valence-electron chi connectivity index (χ4n) is 3.46. The smallest absolute Gasteiger partial charge is 0.329 e. The summed E-state index contributed by atoms with van der Waals surface area (Å²) in [4.78, 5) is 30.7. The molecule has 7 heteroatoms. The average molecular weight is 377 g/mol. The fraction of sp³-hybridized carbons (Fsp3) is 0.286. The van der Waals surface area contributed by atoms with Crippen molar-refractivity contribution in [2.75, 3.05) is 10.2 Å². The summed E-state index contributed by atoms with van der Waals surface area (Å²) in [6.07, 6.45) is 1.96. The van der Waals surface area contributed by atoms with Crippen molar-refractivity contribution in [2.24, 2.45) is 16.6 Å². The third-order valence-corrected chi connectivity index (χ3v) is 5.28. The Balaban J connectivity index is 1.42. The molecule has 0 aromatic heterocycles. The van der Waals surface area contributed by atoms with E-state index in [2.05, 4.69) is 15.6 Å². The van der Waals surface area contributed by atoms with E-state index in [0.717, 1.165) is 24.1 Å². The predicted octanol–water partition coefficient (Wildman–Crippen LogP) is 2.84. The van der Waals surface area contributed by atoms with Crippen LogP contribution < -0.4 is 21.3 Å². The van der Waals surface area contributed by atoms with Gasteiger partial charge in [-0.25, -0.2) is 14.7 Å². The summed E-state index contributed by atoms with van der Waals surface area (Å²) < 4.78 is 0. The van der Waals surface area contributed by atoms with Gasteiger partial charge in [0, 0.05) is 5.69 Å². The molecule has 1 atom stereocenters. The van der Waals surface area contributed by atoms with E-state index in [9.17, 15) is 9.59 Å². The van der Waals surface area contributed by atoms with Crippen molar-refractivity contribution in [1.29, 1.82) is 0 Å². The van der Waals surface area contributed by atoms with Crippen molar-refractivity contribution in [3.8, 4) is 0 Å². The van der Waals surface area contributed by atoms with Crippen LogP contribution in [0.3, 0.4) is 0 Å². The highest BCUT2D eigenvalue weighted by Gasteiger charge is 2.56. The molecule has 2 aliphatic rings. The molecule has 2 fully saturated rings. The van der Waals surface area contributed by atoms with Gasteiger partial charge in [0.1, 0.15) is 5.54 Å². The van der Waals surface area contributed by atoms with Gasteiger partial charge in [-0.2, -0.15) is 0 Å². The number of hydrogen-bond acceptors (Lipinski definition) is 3. The van der Waals surface area contributed by atoms with Crippen LogP contribution in [0, 0.1) is 5.92 Å². The number of carbonyl (C=O) groups is 2. The van der Waals surface area contributed by atoms with Crippen LogP contribution in [0.15, 0.2) is 59.6 Å². The second-order valence-electron chi connectivity index (χ2n) is 7.41. The number of benzene rings is 2. The molecule has 7 nitrogen and oxygen atoms in total. The Kier molecular flexibility index (Phi) is 4.50. The minimum Gasteiger partial charge on any atom is -0.370 e. The number of para-hydroxylation sites is 1.